The summed E-state index contributed by atoms with van der Waals surface area (Å²) in [4.78, 5) is 19.1. The highest BCUT2D eigenvalue weighted by Crippen LogP contribution is 2.14. The molecule has 0 atom stereocenters. The highest BCUT2D eigenvalue weighted by Gasteiger charge is 2.08. The van der Waals surface area contributed by atoms with Gasteiger partial charge in [-0.25, -0.2) is 9.59 Å². The Labute approximate surface area is 106 Å². The zero-order valence-corrected chi connectivity index (χ0v) is 10.7. The number of carboxylic acids is 2. The fourth-order valence-electron chi connectivity index (χ4n) is 1.02. The first-order chi connectivity index (χ1) is 8.23. The third-order valence-electron chi connectivity index (χ3n) is 1.90. The van der Waals surface area contributed by atoms with Gasteiger partial charge >= 0.3 is 11.9 Å². The lowest BCUT2D eigenvalue weighted by molar-refractivity contribution is -0.134. The predicted molar refractivity (Wildman–Crippen MR) is 70.4 cm³/mol. The fourth-order valence-corrected chi connectivity index (χ4v) is 1.02. The Balaban J connectivity index is 0.000000331. The molecule has 0 amide bonds. The van der Waals surface area contributed by atoms with Crippen molar-refractivity contribution in [2.24, 2.45) is 0 Å². The van der Waals surface area contributed by atoms with Crippen LogP contribution in [0.15, 0.2) is 42.5 Å². The van der Waals surface area contributed by atoms with Crippen LogP contribution in [-0.4, -0.2) is 43.3 Å². The number of quaternary nitrogens is 1. The molecular formula is C13H18NO4+. The molecule has 0 saturated heterocycles. The van der Waals surface area contributed by atoms with Gasteiger partial charge in [0, 0.05) is 12.2 Å². The zero-order chi connectivity index (χ0) is 14.2. The lowest BCUT2D eigenvalue weighted by Gasteiger charge is -2.22. The summed E-state index contributed by atoms with van der Waals surface area (Å²) in [7, 11) is 6.49. The Morgan fingerprint density at radius 1 is 0.944 bits per heavy atom. The average Bonchev–Trinajstić information content (AvgIpc) is 2.27. The third-order valence-corrected chi connectivity index (χ3v) is 1.90. The summed E-state index contributed by atoms with van der Waals surface area (Å²) in [5, 5.41) is 15.6. The Morgan fingerprint density at radius 2 is 1.33 bits per heavy atom. The van der Waals surface area contributed by atoms with Gasteiger partial charge in [-0.3, -0.25) is 4.48 Å². The number of hydrogen-bond donors (Lipinski definition) is 2. The normalized spacial score (nSPS) is 10.6. The molecule has 18 heavy (non-hydrogen) atoms. The first kappa shape index (κ1) is 15.9. The molecule has 0 aliphatic rings. The first-order valence-corrected chi connectivity index (χ1v) is 5.24. The predicted octanol–water partition coefficient (Wildman–Crippen LogP) is 1.60. The summed E-state index contributed by atoms with van der Waals surface area (Å²) >= 11 is 0. The molecule has 1 aromatic rings. The van der Waals surface area contributed by atoms with E-state index in [1.54, 1.807) is 0 Å². The number of carbonyl (C=O) groups is 2. The number of hydrogen-bond acceptors (Lipinski definition) is 2. The van der Waals surface area contributed by atoms with Crippen molar-refractivity contribution in [3.8, 4) is 0 Å². The summed E-state index contributed by atoms with van der Waals surface area (Å²) in [6.45, 7) is 0. The van der Waals surface area contributed by atoms with Crippen molar-refractivity contribution in [2.45, 2.75) is 0 Å². The van der Waals surface area contributed by atoms with Crippen LogP contribution in [0.1, 0.15) is 0 Å². The van der Waals surface area contributed by atoms with Crippen LogP contribution in [0.4, 0.5) is 5.69 Å². The molecule has 98 valence electrons. The summed E-state index contributed by atoms with van der Waals surface area (Å²) in [6.07, 6.45) is 1.12. The molecule has 0 bridgehead atoms. The maximum Gasteiger partial charge on any atom is 0.328 e. The van der Waals surface area contributed by atoms with Crippen LogP contribution in [0.25, 0.3) is 0 Å². The van der Waals surface area contributed by atoms with Gasteiger partial charge in [-0.15, -0.1) is 0 Å². The maximum absolute atomic E-state index is 9.55. The van der Waals surface area contributed by atoms with E-state index < -0.39 is 11.9 Å². The van der Waals surface area contributed by atoms with Crippen LogP contribution in [0, 0.1) is 0 Å². The second-order valence-corrected chi connectivity index (χ2v) is 4.36. The lowest BCUT2D eigenvalue weighted by Crippen LogP contribution is -2.34. The Hall–Kier alpha value is -2.14. The number of aliphatic carboxylic acids is 2. The number of para-hydroxylation sites is 1. The van der Waals surface area contributed by atoms with Crippen molar-refractivity contribution >= 4 is 17.6 Å². The summed E-state index contributed by atoms with van der Waals surface area (Å²) in [5.41, 5.74) is 1.34. The zero-order valence-electron chi connectivity index (χ0n) is 10.7. The lowest BCUT2D eigenvalue weighted by atomic mass is 10.3. The Bertz CT molecular complexity index is 402. The van der Waals surface area contributed by atoms with E-state index in [1.165, 1.54) is 5.69 Å². The van der Waals surface area contributed by atoms with Crippen LogP contribution in [-0.2, 0) is 9.59 Å². The smallest absolute Gasteiger partial charge is 0.328 e. The molecule has 0 radical (unpaired) electrons. The molecule has 5 heteroatoms. The van der Waals surface area contributed by atoms with E-state index in [4.69, 9.17) is 10.2 Å². The molecule has 2 N–H and O–H groups in total. The van der Waals surface area contributed by atoms with Gasteiger partial charge in [0.1, 0.15) is 5.69 Å². The summed E-state index contributed by atoms with van der Waals surface area (Å²) < 4.78 is 0.890. The Morgan fingerprint density at radius 3 is 1.56 bits per heavy atom. The molecule has 0 unspecified atom stereocenters. The monoisotopic (exact) mass is 252 g/mol. The van der Waals surface area contributed by atoms with Gasteiger partial charge in [-0.2, -0.15) is 0 Å². The van der Waals surface area contributed by atoms with Crippen molar-refractivity contribution < 1.29 is 19.8 Å². The van der Waals surface area contributed by atoms with Crippen molar-refractivity contribution in [3.05, 3.63) is 42.5 Å². The number of nitrogens with zero attached hydrogens (tertiary/aromatic N) is 1. The van der Waals surface area contributed by atoms with Gasteiger partial charge in [-0.05, 0) is 12.1 Å². The van der Waals surface area contributed by atoms with E-state index in [0.717, 1.165) is 4.48 Å². The molecule has 1 rings (SSSR count). The molecular weight excluding hydrogens is 234 g/mol. The minimum absolute atomic E-state index is 0.558. The molecule has 0 aliphatic carbocycles. The molecule has 0 heterocycles. The molecule has 0 fully saturated rings. The van der Waals surface area contributed by atoms with Crippen molar-refractivity contribution in [1.82, 2.24) is 4.48 Å². The largest absolute Gasteiger partial charge is 0.478 e. The third kappa shape index (κ3) is 8.06. The van der Waals surface area contributed by atoms with E-state index in [2.05, 4.69) is 45.4 Å². The fraction of sp³-hybridized carbons (Fsp3) is 0.231. The van der Waals surface area contributed by atoms with Crippen LogP contribution in [0.5, 0.6) is 0 Å². The minimum Gasteiger partial charge on any atom is -0.478 e. The second kappa shape index (κ2) is 7.24. The molecule has 0 spiro atoms. The van der Waals surface area contributed by atoms with Gasteiger partial charge < -0.3 is 10.2 Å². The van der Waals surface area contributed by atoms with Crippen molar-refractivity contribution in [1.29, 1.82) is 0 Å². The first-order valence-electron chi connectivity index (χ1n) is 5.24. The van der Waals surface area contributed by atoms with Gasteiger partial charge in [0.05, 0.1) is 21.1 Å². The van der Waals surface area contributed by atoms with Crippen LogP contribution >= 0.6 is 0 Å². The highest BCUT2D eigenvalue weighted by molar-refractivity contribution is 5.89. The molecule has 0 aromatic heterocycles. The van der Waals surface area contributed by atoms with E-state index in [-0.39, 0.29) is 0 Å². The topological polar surface area (TPSA) is 74.6 Å². The van der Waals surface area contributed by atoms with Crippen molar-refractivity contribution in [3.63, 3.8) is 0 Å². The van der Waals surface area contributed by atoms with Gasteiger partial charge in [-0.1, -0.05) is 18.2 Å². The summed E-state index contributed by atoms with van der Waals surface area (Å²) in [5.74, 6) is -2.51. The van der Waals surface area contributed by atoms with Crippen molar-refractivity contribution in [2.75, 3.05) is 21.1 Å². The molecule has 5 nitrogen and oxygen atoms in total. The van der Waals surface area contributed by atoms with E-state index in [9.17, 15) is 9.59 Å². The Kier molecular flexibility index (Phi) is 6.38. The second-order valence-electron chi connectivity index (χ2n) is 4.36. The molecule has 1 aromatic carbocycles. The van der Waals surface area contributed by atoms with Gasteiger partial charge in [0.2, 0.25) is 0 Å². The van der Waals surface area contributed by atoms with Crippen LogP contribution in [0.2, 0.25) is 0 Å². The van der Waals surface area contributed by atoms with E-state index >= 15 is 0 Å². The number of rotatable bonds is 3. The quantitative estimate of drug-likeness (QED) is 0.633. The highest BCUT2D eigenvalue weighted by atomic mass is 16.4. The summed E-state index contributed by atoms with van der Waals surface area (Å²) in [6, 6.07) is 10.5. The van der Waals surface area contributed by atoms with Crippen LogP contribution < -0.4 is 4.48 Å². The number of benzene rings is 1. The van der Waals surface area contributed by atoms with Gasteiger partial charge in [0.15, 0.2) is 0 Å². The van der Waals surface area contributed by atoms with E-state index in [1.807, 2.05) is 6.07 Å². The molecule has 0 aliphatic heterocycles. The molecule has 0 saturated carbocycles. The van der Waals surface area contributed by atoms with Gasteiger partial charge in [0.25, 0.3) is 0 Å². The average molecular weight is 252 g/mol. The van der Waals surface area contributed by atoms with Crippen LogP contribution in [0.3, 0.4) is 0 Å². The minimum atomic E-state index is -1.26. The number of carboxylic acid groups (broad SMARTS) is 2. The maximum atomic E-state index is 9.55. The SMILES string of the molecule is C[N+](C)(C)c1ccccc1.O=C(O)/C=C\C(=O)O. The standard InChI is InChI=1S/C9H14N.C4H4O4/c1-10(2,3)9-7-5-4-6-8-9;5-3(6)1-2-4(7)8/h4-8H,1-3H3;1-2H,(H,5,6)(H,7,8)/q+1;/b;2-1-. The van der Waals surface area contributed by atoms with E-state index in [0.29, 0.717) is 12.2 Å².